The summed E-state index contributed by atoms with van der Waals surface area (Å²) in [6.45, 7) is 7.45. The molecule has 3 N–H and O–H groups in total. The number of aliphatic hydroxyl groups excluding tert-OH is 1. The number of nitrogens with one attached hydrogen (secondary N) is 2. The lowest BCUT2D eigenvalue weighted by atomic mass is 10.1. The van der Waals surface area contributed by atoms with Crippen LogP contribution in [-0.4, -0.2) is 37.4 Å². The number of ether oxygens (including phenoxy) is 2. The van der Waals surface area contributed by atoms with Crippen LogP contribution in [-0.2, 0) is 17.9 Å². The van der Waals surface area contributed by atoms with Gasteiger partial charge in [-0.2, -0.15) is 0 Å². The van der Waals surface area contributed by atoms with Crippen LogP contribution in [0.4, 0.5) is 4.39 Å². The van der Waals surface area contributed by atoms with E-state index in [1.165, 1.54) is 13.2 Å². The van der Waals surface area contributed by atoms with E-state index in [9.17, 15) is 9.50 Å². The second-order valence-corrected chi connectivity index (χ2v) is 7.19. The van der Waals surface area contributed by atoms with Gasteiger partial charge in [-0.15, -0.1) is 24.0 Å². The highest BCUT2D eigenvalue weighted by Crippen LogP contribution is 2.20. The largest absolute Gasteiger partial charge is 0.491 e. The Balaban J connectivity index is 0.00000480. The zero-order valence-corrected chi connectivity index (χ0v) is 20.9. The Morgan fingerprint density at radius 1 is 1.16 bits per heavy atom. The number of methoxy groups -OCH3 is 1. The van der Waals surface area contributed by atoms with Gasteiger partial charge in [0.05, 0.1) is 25.4 Å². The Labute approximate surface area is 201 Å². The Hall–Kier alpha value is -1.91. The monoisotopic (exact) mass is 545 g/mol. The molecule has 1 unspecified atom stereocenters. The topological polar surface area (TPSA) is 75.1 Å². The van der Waals surface area contributed by atoms with Gasteiger partial charge in [0.2, 0.25) is 0 Å². The first kappa shape index (κ1) is 27.1. The minimum absolute atomic E-state index is 0. The molecule has 8 heteroatoms. The second kappa shape index (κ2) is 14.2. The van der Waals surface area contributed by atoms with E-state index < -0.39 is 6.10 Å². The summed E-state index contributed by atoms with van der Waals surface area (Å²) < 4.78 is 24.5. The first-order valence-corrected chi connectivity index (χ1v) is 10.2. The first-order chi connectivity index (χ1) is 14.4. The third-order valence-corrected chi connectivity index (χ3v) is 4.25. The molecule has 0 saturated carbocycles. The summed E-state index contributed by atoms with van der Waals surface area (Å²) in [5.41, 5.74) is 2.14. The van der Waals surface area contributed by atoms with Gasteiger partial charge in [-0.3, -0.25) is 0 Å². The Morgan fingerprint density at radius 2 is 1.94 bits per heavy atom. The highest BCUT2D eigenvalue weighted by Gasteiger charge is 2.10. The van der Waals surface area contributed by atoms with Crippen molar-refractivity contribution in [3.8, 4) is 5.75 Å². The Kier molecular flexibility index (Phi) is 12.4. The molecule has 0 saturated heterocycles. The molecule has 0 aliphatic heterocycles. The van der Waals surface area contributed by atoms with Crippen molar-refractivity contribution < 1.29 is 19.0 Å². The normalized spacial score (nSPS) is 12.3. The van der Waals surface area contributed by atoms with Crippen molar-refractivity contribution in [3.63, 3.8) is 0 Å². The Bertz CT molecular complexity index is 833. The summed E-state index contributed by atoms with van der Waals surface area (Å²) in [5, 5.41) is 16.9. The first-order valence-electron chi connectivity index (χ1n) is 10.2. The van der Waals surface area contributed by atoms with Crippen molar-refractivity contribution in [2.45, 2.75) is 46.1 Å². The summed E-state index contributed by atoms with van der Waals surface area (Å²) in [7, 11) is 1.54. The van der Waals surface area contributed by atoms with Crippen molar-refractivity contribution in [1.29, 1.82) is 0 Å². The van der Waals surface area contributed by atoms with Gasteiger partial charge in [0.25, 0.3) is 0 Å². The lowest BCUT2D eigenvalue weighted by molar-refractivity contribution is 0.179. The van der Waals surface area contributed by atoms with Crippen LogP contribution < -0.4 is 15.4 Å². The highest BCUT2D eigenvalue weighted by molar-refractivity contribution is 14.0. The third-order valence-electron chi connectivity index (χ3n) is 4.25. The molecule has 1 atom stereocenters. The lowest BCUT2D eigenvalue weighted by Crippen LogP contribution is -2.39. The summed E-state index contributed by atoms with van der Waals surface area (Å²) in [6, 6.07) is 12.3. The fourth-order valence-corrected chi connectivity index (χ4v) is 2.88. The third kappa shape index (κ3) is 9.40. The molecular weight excluding hydrogens is 512 g/mol. The molecule has 0 aliphatic rings. The number of guanidine groups is 1. The predicted molar refractivity (Wildman–Crippen MR) is 133 cm³/mol. The van der Waals surface area contributed by atoms with Crippen LogP contribution in [0.5, 0.6) is 5.75 Å². The summed E-state index contributed by atoms with van der Waals surface area (Å²) in [5.74, 6) is 1.01. The molecule has 31 heavy (non-hydrogen) atoms. The number of nitrogens with zero attached hydrogens (tertiary/aromatic N) is 1. The summed E-state index contributed by atoms with van der Waals surface area (Å²) in [4.78, 5) is 4.53. The van der Waals surface area contributed by atoms with Crippen LogP contribution in [0.2, 0.25) is 0 Å². The number of aliphatic imine (C=N–C) groups is 1. The van der Waals surface area contributed by atoms with E-state index in [4.69, 9.17) is 9.47 Å². The molecule has 6 nitrogen and oxygen atoms in total. The van der Waals surface area contributed by atoms with Crippen molar-refractivity contribution in [2.75, 3.05) is 20.2 Å². The fraction of sp³-hybridized carbons (Fsp3) is 0.435. The van der Waals surface area contributed by atoms with Crippen LogP contribution in [0, 0.1) is 5.82 Å². The molecule has 0 bridgehead atoms. The molecule has 0 aromatic heterocycles. The quantitative estimate of drug-likeness (QED) is 0.238. The smallest absolute Gasteiger partial charge is 0.191 e. The summed E-state index contributed by atoms with van der Waals surface area (Å²) >= 11 is 0. The van der Waals surface area contributed by atoms with Crippen molar-refractivity contribution in [3.05, 3.63) is 65.0 Å². The van der Waals surface area contributed by atoms with E-state index in [0.717, 1.165) is 16.9 Å². The van der Waals surface area contributed by atoms with Crippen LogP contribution in [0.3, 0.4) is 0 Å². The average molecular weight is 545 g/mol. The van der Waals surface area contributed by atoms with E-state index in [1.54, 1.807) is 12.1 Å². The molecule has 0 radical (unpaired) electrons. The van der Waals surface area contributed by atoms with E-state index >= 15 is 0 Å². The van der Waals surface area contributed by atoms with Gasteiger partial charge >= 0.3 is 0 Å². The minimum Gasteiger partial charge on any atom is -0.491 e. The number of benzene rings is 2. The van der Waals surface area contributed by atoms with Crippen LogP contribution in [0.15, 0.2) is 47.5 Å². The summed E-state index contributed by atoms with van der Waals surface area (Å²) in [6.07, 6.45) is -0.650. The molecule has 0 spiro atoms. The molecule has 0 fully saturated rings. The molecule has 172 valence electrons. The van der Waals surface area contributed by atoms with Gasteiger partial charge < -0.3 is 25.2 Å². The zero-order chi connectivity index (χ0) is 21.9. The van der Waals surface area contributed by atoms with Gasteiger partial charge in [0.1, 0.15) is 11.6 Å². The zero-order valence-electron chi connectivity index (χ0n) is 18.5. The van der Waals surface area contributed by atoms with Gasteiger partial charge in [-0.1, -0.05) is 18.2 Å². The van der Waals surface area contributed by atoms with Crippen molar-refractivity contribution >= 4 is 29.9 Å². The van der Waals surface area contributed by atoms with E-state index in [1.807, 2.05) is 45.0 Å². The molecule has 0 amide bonds. The number of aliphatic hydroxyl groups is 1. The van der Waals surface area contributed by atoms with Gasteiger partial charge in [-0.25, -0.2) is 9.38 Å². The predicted octanol–water partition coefficient (Wildman–Crippen LogP) is 4.17. The van der Waals surface area contributed by atoms with Gasteiger partial charge in [-0.05, 0) is 56.2 Å². The number of halogens is 2. The maximum Gasteiger partial charge on any atom is 0.191 e. The van der Waals surface area contributed by atoms with Crippen LogP contribution in [0.25, 0.3) is 0 Å². The number of hydrogen-bond donors (Lipinski definition) is 3. The maximum absolute atomic E-state index is 13.8. The molecule has 2 aromatic rings. The highest BCUT2D eigenvalue weighted by atomic mass is 127. The van der Waals surface area contributed by atoms with Crippen molar-refractivity contribution in [2.24, 2.45) is 4.99 Å². The molecule has 2 rings (SSSR count). The van der Waals surface area contributed by atoms with E-state index in [-0.39, 0.29) is 49.0 Å². The molecule has 2 aromatic carbocycles. The molecule has 0 heterocycles. The number of hydrogen-bond acceptors (Lipinski definition) is 4. The second-order valence-electron chi connectivity index (χ2n) is 7.19. The van der Waals surface area contributed by atoms with Crippen LogP contribution in [0.1, 0.15) is 43.6 Å². The standard InChI is InChI=1S/C23H32FN3O3.HI/c1-5-25-23(26-13-17-9-10-21(24)19(11-17)15-29-4)27-14-22(28)18-7-6-8-20(12-18)30-16(2)3;/h6-12,16,22,28H,5,13-15H2,1-4H3,(H2,25,26,27);1H. The minimum atomic E-state index is -0.719. The van der Waals surface area contributed by atoms with E-state index in [2.05, 4.69) is 15.6 Å². The van der Waals surface area contributed by atoms with E-state index in [0.29, 0.717) is 24.6 Å². The number of rotatable bonds is 10. The average Bonchev–Trinajstić information content (AvgIpc) is 2.72. The van der Waals surface area contributed by atoms with Gasteiger partial charge in [0, 0.05) is 25.8 Å². The maximum atomic E-state index is 13.8. The SMILES string of the molecule is CCNC(=NCc1ccc(F)c(COC)c1)NCC(O)c1cccc(OC(C)C)c1.I. The van der Waals surface area contributed by atoms with Gasteiger partial charge in [0.15, 0.2) is 5.96 Å². The molecule has 0 aliphatic carbocycles. The van der Waals surface area contributed by atoms with Crippen LogP contribution >= 0.6 is 24.0 Å². The Morgan fingerprint density at radius 3 is 2.61 bits per heavy atom. The lowest BCUT2D eigenvalue weighted by Gasteiger charge is -2.17. The fourth-order valence-electron chi connectivity index (χ4n) is 2.88. The van der Waals surface area contributed by atoms with Crippen molar-refractivity contribution in [1.82, 2.24) is 10.6 Å². The molecular formula is C23H33FIN3O3.